The summed E-state index contributed by atoms with van der Waals surface area (Å²) in [4.78, 5) is 14.6. The molecular weight excluding hydrogens is 288 g/mol. The fraction of sp³-hybridized carbons (Fsp3) is 0.417. The van der Waals surface area contributed by atoms with E-state index in [0.717, 1.165) is 0 Å². The van der Waals surface area contributed by atoms with Crippen molar-refractivity contribution in [2.45, 2.75) is 24.6 Å². The van der Waals surface area contributed by atoms with E-state index in [1.807, 2.05) is 0 Å². The number of fused-ring (bicyclic) bond motifs is 1. The molecule has 3 rings (SSSR count). The summed E-state index contributed by atoms with van der Waals surface area (Å²) in [5, 5.41) is 0.0780. The molecule has 0 amide bonds. The minimum atomic E-state index is -3.06. The molecule has 1 aliphatic heterocycles. The number of H-pyrrole nitrogens is 1. The monoisotopic (exact) mass is 300 g/mol. The largest absolute Gasteiger partial charge is 0.326 e. The van der Waals surface area contributed by atoms with Crippen LogP contribution in [-0.4, -0.2) is 29.0 Å². The molecule has 7 heteroatoms. The number of sulfone groups is 1. The van der Waals surface area contributed by atoms with Crippen LogP contribution in [0, 0.1) is 0 Å². The number of rotatable bonds is 2. The number of hydrogen-bond donors (Lipinski definition) is 1. The molecule has 5 nitrogen and oxygen atoms in total. The van der Waals surface area contributed by atoms with Crippen LogP contribution in [-0.2, 0) is 16.4 Å². The lowest BCUT2D eigenvalue weighted by atomic mass is 10.2. The van der Waals surface area contributed by atoms with Gasteiger partial charge in [-0.1, -0.05) is 11.6 Å². The van der Waals surface area contributed by atoms with Crippen molar-refractivity contribution >= 4 is 32.5 Å². The molecular formula is C12H13ClN2O3S. The lowest BCUT2D eigenvalue weighted by molar-refractivity contribution is 0.565. The summed E-state index contributed by atoms with van der Waals surface area (Å²) in [6.45, 7) is 0.211. The summed E-state index contributed by atoms with van der Waals surface area (Å²) in [5.41, 5.74) is 1.03. The lowest BCUT2D eigenvalue weighted by Gasteiger charge is -2.10. The Labute approximate surface area is 115 Å². The Balaban J connectivity index is 2.06. The second-order valence-electron chi connectivity index (χ2n) is 4.83. The molecule has 0 spiro atoms. The highest BCUT2D eigenvalue weighted by Gasteiger charge is 2.32. The minimum Gasteiger partial charge on any atom is -0.305 e. The van der Waals surface area contributed by atoms with Gasteiger partial charge in [0.15, 0.2) is 9.84 Å². The molecule has 1 aliphatic rings. The third-order valence-electron chi connectivity index (χ3n) is 3.59. The van der Waals surface area contributed by atoms with Gasteiger partial charge in [-0.15, -0.1) is 0 Å². The second-order valence-corrected chi connectivity index (χ2v) is 7.67. The zero-order chi connectivity index (χ0) is 13.6. The Bertz CT molecular complexity index is 791. The molecule has 1 aromatic heterocycles. The van der Waals surface area contributed by atoms with Crippen LogP contribution in [0.15, 0.2) is 23.0 Å². The Kier molecular flexibility index (Phi) is 2.94. The normalized spacial score (nSPS) is 22.1. The molecule has 1 saturated heterocycles. The number of halogens is 1. The molecule has 102 valence electrons. The number of nitrogens with zero attached hydrogens (tertiary/aromatic N) is 1. The van der Waals surface area contributed by atoms with E-state index < -0.39 is 15.1 Å². The number of aromatic amines is 1. The Morgan fingerprint density at radius 3 is 2.89 bits per heavy atom. The number of aromatic nitrogens is 2. The van der Waals surface area contributed by atoms with Crippen molar-refractivity contribution in [3.8, 4) is 0 Å². The van der Waals surface area contributed by atoms with E-state index in [1.165, 1.54) is 4.57 Å². The maximum atomic E-state index is 11.9. The van der Waals surface area contributed by atoms with Gasteiger partial charge in [0.1, 0.15) is 0 Å². The van der Waals surface area contributed by atoms with Crippen LogP contribution in [0.2, 0.25) is 5.02 Å². The molecule has 2 heterocycles. The molecule has 0 bridgehead atoms. The fourth-order valence-corrected chi connectivity index (χ4v) is 4.56. The highest BCUT2D eigenvalue weighted by Crippen LogP contribution is 2.23. The standard InChI is InChI=1S/C12H13ClN2O3S/c13-8-3-4-11-10(6-8)14-12(16)15(11)7-9-2-1-5-19(9,17)18/h3-4,6,9H,1-2,5,7H2,(H,14,16). The summed E-state index contributed by atoms with van der Waals surface area (Å²) in [5.74, 6) is 0.223. The van der Waals surface area contributed by atoms with Crippen LogP contribution in [0.3, 0.4) is 0 Å². The first-order chi connectivity index (χ1) is 8.97. The van der Waals surface area contributed by atoms with Crippen LogP contribution < -0.4 is 5.69 Å². The van der Waals surface area contributed by atoms with Crippen LogP contribution in [0.5, 0.6) is 0 Å². The van der Waals surface area contributed by atoms with Gasteiger partial charge in [-0.2, -0.15) is 0 Å². The highest BCUT2D eigenvalue weighted by atomic mass is 35.5. The Morgan fingerprint density at radius 2 is 2.21 bits per heavy atom. The van der Waals surface area contributed by atoms with Crippen molar-refractivity contribution in [1.82, 2.24) is 9.55 Å². The number of imidazole rings is 1. The van der Waals surface area contributed by atoms with Gasteiger partial charge in [-0.05, 0) is 31.0 Å². The third-order valence-corrected chi connectivity index (χ3v) is 6.08. The van der Waals surface area contributed by atoms with Gasteiger partial charge in [0.2, 0.25) is 0 Å². The minimum absolute atomic E-state index is 0.211. The summed E-state index contributed by atoms with van der Waals surface area (Å²) < 4.78 is 25.2. The average molecular weight is 301 g/mol. The van der Waals surface area contributed by atoms with Gasteiger partial charge < -0.3 is 4.98 Å². The lowest BCUT2D eigenvalue weighted by Crippen LogP contribution is -2.27. The summed E-state index contributed by atoms with van der Waals surface area (Å²) >= 11 is 5.87. The van der Waals surface area contributed by atoms with Gasteiger partial charge in [0.05, 0.1) is 22.0 Å². The molecule has 19 heavy (non-hydrogen) atoms. The fourth-order valence-electron chi connectivity index (χ4n) is 2.58. The molecule has 1 N–H and O–H groups in total. The van der Waals surface area contributed by atoms with Crippen molar-refractivity contribution in [3.63, 3.8) is 0 Å². The zero-order valence-electron chi connectivity index (χ0n) is 10.1. The molecule has 0 aliphatic carbocycles. The van der Waals surface area contributed by atoms with Crippen LogP contribution in [0.4, 0.5) is 0 Å². The predicted octanol–water partition coefficient (Wildman–Crippen LogP) is 1.56. The summed E-state index contributed by atoms with van der Waals surface area (Å²) in [6, 6.07) is 5.09. The molecule has 0 radical (unpaired) electrons. The van der Waals surface area contributed by atoms with E-state index in [-0.39, 0.29) is 18.0 Å². The quantitative estimate of drug-likeness (QED) is 0.915. The van der Waals surface area contributed by atoms with E-state index in [9.17, 15) is 13.2 Å². The first-order valence-electron chi connectivity index (χ1n) is 6.07. The first kappa shape index (κ1) is 12.7. The highest BCUT2D eigenvalue weighted by molar-refractivity contribution is 7.92. The van der Waals surface area contributed by atoms with Crippen molar-refractivity contribution < 1.29 is 8.42 Å². The van der Waals surface area contributed by atoms with Crippen molar-refractivity contribution in [2.24, 2.45) is 0 Å². The third kappa shape index (κ3) is 2.19. The van der Waals surface area contributed by atoms with Crippen molar-refractivity contribution in [1.29, 1.82) is 0 Å². The number of hydrogen-bond acceptors (Lipinski definition) is 3. The second kappa shape index (κ2) is 4.38. The van der Waals surface area contributed by atoms with E-state index in [2.05, 4.69) is 4.98 Å². The maximum Gasteiger partial charge on any atom is 0.326 e. The van der Waals surface area contributed by atoms with E-state index in [0.29, 0.717) is 28.9 Å². The van der Waals surface area contributed by atoms with Crippen LogP contribution >= 0.6 is 11.6 Å². The first-order valence-corrected chi connectivity index (χ1v) is 8.16. The SMILES string of the molecule is O=c1[nH]c2cc(Cl)ccc2n1CC1CCCS1(=O)=O. The Morgan fingerprint density at radius 1 is 1.42 bits per heavy atom. The smallest absolute Gasteiger partial charge is 0.305 e. The van der Waals surface area contributed by atoms with Crippen LogP contribution in [0.25, 0.3) is 11.0 Å². The van der Waals surface area contributed by atoms with Gasteiger partial charge >= 0.3 is 5.69 Å². The van der Waals surface area contributed by atoms with Gasteiger partial charge in [-0.3, -0.25) is 4.57 Å². The van der Waals surface area contributed by atoms with Gasteiger partial charge in [0.25, 0.3) is 0 Å². The Hall–Kier alpha value is -1.27. The summed E-state index contributed by atoms with van der Waals surface area (Å²) in [7, 11) is -3.06. The van der Waals surface area contributed by atoms with Crippen LogP contribution in [0.1, 0.15) is 12.8 Å². The molecule has 1 unspecified atom stereocenters. The van der Waals surface area contributed by atoms with E-state index in [4.69, 9.17) is 11.6 Å². The van der Waals surface area contributed by atoms with Gasteiger partial charge in [0, 0.05) is 11.6 Å². The van der Waals surface area contributed by atoms with E-state index >= 15 is 0 Å². The van der Waals surface area contributed by atoms with Crippen molar-refractivity contribution in [3.05, 3.63) is 33.7 Å². The molecule has 1 aromatic carbocycles. The molecule has 1 fully saturated rings. The number of benzene rings is 1. The molecule has 0 saturated carbocycles. The number of nitrogens with one attached hydrogen (secondary N) is 1. The summed E-state index contributed by atoms with van der Waals surface area (Å²) in [6.07, 6.45) is 1.30. The molecule has 1 atom stereocenters. The average Bonchev–Trinajstić information content (AvgIpc) is 2.80. The maximum absolute atomic E-state index is 11.9. The topological polar surface area (TPSA) is 71.9 Å². The zero-order valence-corrected chi connectivity index (χ0v) is 11.7. The molecule has 2 aromatic rings. The van der Waals surface area contributed by atoms with Crippen molar-refractivity contribution in [2.75, 3.05) is 5.75 Å². The van der Waals surface area contributed by atoms with E-state index in [1.54, 1.807) is 18.2 Å². The predicted molar refractivity (Wildman–Crippen MR) is 74.4 cm³/mol. The van der Waals surface area contributed by atoms with Gasteiger partial charge in [-0.25, -0.2) is 13.2 Å².